The summed E-state index contributed by atoms with van der Waals surface area (Å²) in [5.74, 6) is -0.0792. The Bertz CT molecular complexity index is 548. The Hall–Kier alpha value is -1.65. The maximum Gasteiger partial charge on any atom is 0.218 e. The molecule has 18 heavy (non-hydrogen) atoms. The summed E-state index contributed by atoms with van der Waals surface area (Å²) < 4.78 is 18.5. The number of pyridine rings is 1. The number of halogens is 2. The summed E-state index contributed by atoms with van der Waals surface area (Å²) >= 11 is 5.87. The Balaban J connectivity index is 2.10. The van der Waals surface area contributed by atoms with Crippen LogP contribution in [-0.4, -0.2) is 4.98 Å². The molecule has 2 N–H and O–H groups in total. The van der Waals surface area contributed by atoms with Crippen LogP contribution in [0.15, 0.2) is 36.5 Å². The predicted octanol–water partition coefficient (Wildman–Crippen LogP) is 2.91. The topological polar surface area (TPSA) is 48.1 Å². The van der Waals surface area contributed by atoms with Crippen molar-refractivity contribution in [3.8, 4) is 5.88 Å². The van der Waals surface area contributed by atoms with Crippen LogP contribution in [0.5, 0.6) is 5.88 Å². The third kappa shape index (κ3) is 3.18. The number of nitrogens with zero attached hydrogens (tertiary/aromatic N) is 1. The van der Waals surface area contributed by atoms with E-state index in [1.807, 2.05) is 12.1 Å². The molecular formula is C13H12ClFN2O. The summed E-state index contributed by atoms with van der Waals surface area (Å²) in [5, 5.41) is 0.641. The van der Waals surface area contributed by atoms with E-state index in [0.717, 1.165) is 11.8 Å². The minimum atomic E-state index is -0.425. The molecule has 3 nitrogen and oxygen atoms in total. The van der Waals surface area contributed by atoms with Gasteiger partial charge in [0.1, 0.15) is 12.4 Å². The van der Waals surface area contributed by atoms with Crippen LogP contribution in [-0.2, 0) is 13.2 Å². The van der Waals surface area contributed by atoms with Crippen molar-refractivity contribution >= 4 is 11.6 Å². The van der Waals surface area contributed by atoms with Gasteiger partial charge in [0.05, 0.1) is 6.20 Å². The minimum absolute atomic E-state index is 0.176. The first-order valence-corrected chi connectivity index (χ1v) is 5.78. The van der Waals surface area contributed by atoms with Crippen LogP contribution in [0.2, 0.25) is 5.02 Å². The molecule has 1 aromatic heterocycles. The Morgan fingerprint density at radius 1 is 1.33 bits per heavy atom. The molecule has 0 radical (unpaired) electrons. The van der Waals surface area contributed by atoms with Gasteiger partial charge in [-0.3, -0.25) is 0 Å². The number of rotatable bonds is 4. The van der Waals surface area contributed by atoms with E-state index in [4.69, 9.17) is 22.1 Å². The molecule has 0 bridgehead atoms. The Labute approximate surface area is 109 Å². The van der Waals surface area contributed by atoms with Crippen molar-refractivity contribution < 1.29 is 9.13 Å². The van der Waals surface area contributed by atoms with E-state index >= 15 is 0 Å². The van der Waals surface area contributed by atoms with E-state index in [9.17, 15) is 4.39 Å². The van der Waals surface area contributed by atoms with Crippen molar-refractivity contribution in [2.24, 2.45) is 5.73 Å². The lowest BCUT2D eigenvalue weighted by Gasteiger charge is -2.09. The second kappa shape index (κ2) is 5.80. The number of benzene rings is 1. The number of aromatic nitrogens is 1. The lowest BCUT2D eigenvalue weighted by atomic mass is 10.2. The number of hydrogen-bond donors (Lipinski definition) is 1. The van der Waals surface area contributed by atoms with Crippen LogP contribution < -0.4 is 10.5 Å². The van der Waals surface area contributed by atoms with Crippen molar-refractivity contribution in [3.05, 3.63) is 58.5 Å². The van der Waals surface area contributed by atoms with Gasteiger partial charge in [0.2, 0.25) is 5.88 Å². The maximum atomic E-state index is 13.0. The van der Waals surface area contributed by atoms with Crippen LogP contribution in [0.4, 0.5) is 4.39 Å². The Morgan fingerprint density at radius 3 is 2.89 bits per heavy atom. The lowest BCUT2D eigenvalue weighted by molar-refractivity contribution is 0.289. The SMILES string of the molecule is NCc1cc(F)cnc1OCc1cccc(Cl)c1. The van der Waals surface area contributed by atoms with Gasteiger partial charge >= 0.3 is 0 Å². The molecule has 0 unspecified atom stereocenters. The number of ether oxygens (including phenoxy) is 1. The second-order valence-electron chi connectivity index (χ2n) is 3.74. The quantitative estimate of drug-likeness (QED) is 0.926. The summed E-state index contributed by atoms with van der Waals surface area (Å²) in [6.07, 6.45) is 1.10. The van der Waals surface area contributed by atoms with Crippen molar-refractivity contribution in [1.29, 1.82) is 0 Å². The van der Waals surface area contributed by atoms with Crippen LogP contribution in [0.3, 0.4) is 0 Å². The first kappa shape index (κ1) is 12.8. The van der Waals surface area contributed by atoms with E-state index in [0.29, 0.717) is 23.1 Å². The smallest absolute Gasteiger partial charge is 0.218 e. The van der Waals surface area contributed by atoms with Crippen molar-refractivity contribution in [1.82, 2.24) is 4.98 Å². The fourth-order valence-electron chi connectivity index (χ4n) is 1.52. The van der Waals surface area contributed by atoms with Crippen LogP contribution >= 0.6 is 11.6 Å². The van der Waals surface area contributed by atoms with Gasteiger partial charge in [-0.05, 0) is 23.8 Å². The highest BCUT2D eigenvalue weighted by atomic mass is 35.5. The summed E-state index contributed by atoms with van der Waals surface area (Å²) in [5.41, 5.74) is 6.96. The van der Waals surface area contributed by atoms with Gasteiger partial charge in [0.15, 0.2) is 0 Å². The maximum absolute atomic E-state index is 13.0. The summed E-state index contributed by atoms with van der Waals surface area (Å²) in [4.78, 5) is 3.88. The summed E-state index contributed by atoms with van der Waals surface area (Å²) in [6, 6.07) is 8.63. The van der Waals surface area contributed by atoms with Gasteiger partial charge in [-0.15, -0.1) is 0 Å². The molecule has 0 spiro atoms. The molecule has 0 fully saturated rings. The molecule has 2 rings (SSSR count). The molecule has 0 atom stereocenters. The minimum Gasteiger partial charge on any atom is -0.473 e. The van der Waals surface area contributed by atoms with Gasteiger partial charge in [0, 0.05) is 17.1 Å². The molecule has 1 heterocycles. The molecule has 0 saturated heterocycles. The largest absolute Gasteiger partial charge is 0.473 e. The standard InChI is InChI=1S/C13H12ClFN2O/c14-11-3-1-2-9(4-11)8-18-13-10(6-16)5-12(15)7-17-13/h1-5,7H,6,8,16H2. The number of nitrogens with two attached hydrogens (primary N) is 1. The van der Waals surface area contributed by atoms with E-state index in [-0.39, 0.29) is 6.54 Å². The van der Waals surface area contributed by atoms with E-state index in [1.54, 1.807) is 12.1 Å². The summed E-state index contributed by atoms with van der Waals surface area (Å²) in [7, 11) is 0. The third-order valence-corrected chi connectivity index (χ3v) is 2.61. The second-order valence-corrected chi connectivity index (χ2v) is 4.18. The molecular weight excluding hydrogens is 255 g/mol. The van der Waals surface area contributed by atoms with E-state index in [2.05, 4.69) is 4.98 Å². The van der Waals surface area contributed by atoms with Crippen LogP contribution in [0.25, 0.3) is 0 Å². The first-order valence-electron chi connectivity index (χ1n) is 5.41. The zero-order valence-electron chi connectivity index (χ0n) is 9.57. The monoisotopic (exact) mass is 266 g/mol. The highest BCUT2D eigenvalue weighted by Gasteiger charge is 2.06. The van der Waals surface area contributed by atoms with E-state index < -0.39 is 5.82 Å². The Kier molecular flexibility index (Phi) is 4.12. The molecule has 0 aliphatic rings. The van der Waals surface area contributed by atoms with Gasteiger partial charge in [-0.25, -0.2) is 9.37 Å². The average Bonchev–Trinajstić information content (AvgIpc) is 2.37. The van der Waals surface area contributed by atoms with Crippen LogP contribution in [0, 0.1) is 5.82 Å². The highest BCUT2D eigenvalue weighted by Crippen LogP contribution is 2.18. The molecule has 2 aromatic rings. The fourth-order valence-corrected chi connectivity index (χ4v) is 1.74. The first-order chi connectivity index (χ1) is 8.69. The average molecular weight is 267 g/mol. The van der Waals surface area contributed by atoms with Gasteiger partial charge in [-0.1, -0.05) is 23.7 Å². The Morgan fingerprint density at radius 2 is 2.17 bits per heavy atom. The molecule has 0 aliphatic carbocycles. The normalized spacial score (nSPS) is 10.4. The number of hydrogen-bond acceptors (Lipinski definition) is 3. The van der Waals surface area contributed by atoms with E-state index in [1.165, 1.54) is 6.07 Å². The van der Waals surface area contributed by atoms with Gasteiger partial charge in [0.25, 0.3) is 0 Å². The zero-order chi connectivity index (χ0) is 13.0. The molecule has 0 aliphatic heterocycles. The zero-order valence-corrected chi connectivity index (χ0v) is 10.3. The molecule has 0 amide bonds. The molecule has 1 aromatic carbocycles. The van der Waals surface area contributed by atoms with Gasteiger partial charge < -0.3 is 10.5 Å². The highest BCUT2D eigenvalue weighted by molar-refractivity contribution is 6.30. The summed E-state index contributed by atoms with van der Waals surface area (Å²) in [6.45, 7) is 0.488. The fraction of sp³-hybridized carbons (Fsp3) is 0.154. The van der Waals surface area contributed by atoms with Crippen LogP contribution in [0.1, 0.15) is 11.1 Å². The third-order valence-electron chi connectivity index (χ3n) is 2.38. The lowest BCUT2D eigenvalue weighted by Crippen LogP contribution is -2.05. The molecule has 5 heteroatoms. The molecule has 94 valence electrons. The molecule has 0 saturated carbocycles. The van der Waals surface area contributed by atoms with Gasteiger partial charge in [-0.2, -0.15) is 0 Å². The predicted molar refractivity (Wildman–Crippen MR) is 67.9 cm³/mol. The van der Waals surface area contributed by atoms with Crippen molar-refractivity contribution in [2.45, 2.75) is 13.2 Å². The van der Waals surface area contributed by atoms with Crippen molar-refractivity contribution in [3.63, 3.8) is 0 Å². The van der Waals surface area contributed by atoms with Crippen molar-refractivity contribution in [2.75, 3.05) is 0 Å².